The van der Waals surface area contributed by atoms with Gasteiger partial charge in [-0.1, -0.05) is 0 Å². The van der Waals surface area contributed by atoms with Crippen LogP contribution < -0.4 is 9.44 Å². The van der Waals surface area contributed by atoms with Crippen LogP contribution in [0.1, 0.15) is 13.3 Å². The number of hydrogen-bond donors (Lipinski definition) is 4. The lowest BCUT2D eigenvalue weighted by molar-refractivity contribution is -0.139. The van der Waals surface area contributed by atoms with Crippen LogP contribution in [0, 0.1) is 0 Å². The lowest BCUT2D eigenvalue weighted by Gasteiger charge is -2.13. The van der Waals surface area contributed by atoms with E-state index >= 15 is 0 Å². The van der Waals surface area contributed by atoms with Crippen molar-refractivity contribution >= 4 is 22.3 Å². The third-order valence-electron chi connectivity index (χ3n) is 1.51. The summed E-state index contributed by atoms with van der Waals surface area (Å²) in [7, 11) is -4.34. The highest BCUT2D eigenvalue weighted by atomic mass is 32.2. The van der Waals surface area contributed by atoms with E-state index in [0.29, 0.717) is 0 Å². The molecule has 0 spiro atoms. The summed E-state index contributed by atoms with van der Waals surface area (Å²) in [6.07, 6.45) is -1.54. The van der Waals surface area contributed by atoms with Crippen molar-refractivity contribution in [1.29, 1.82) is 0 Å². The third-order valence-corrected chi connectivity index (χ3v) is 2.54. The van der Waals surface area contributed by atoms with Gasteiger partial charge in [0, 0.05) is 6.61 Å². The lowest BCUT2D eigenvalue weighted by Crippen LogP contribution is -2.48. The average Bonchev–Trinajstić information content (AvgIpc) is 2.15. The molecule has 0 saturated carbocycles. The first-order valence-electron chi connectivity index (χ1n) is 4.63. The number of carboxylic acids is 1. The van der Waals surface area contributed by atoms with Crippen LogP contribution in [0.4, 0.5) is 4.79 Å². The zero-order chi connectivity index (χ0) is 13.5. The SMILES string of the molecule is CCOC(=O)NS(=O)(=O)N[C@@H](CCO)C(=O)O. The second-order valence-corrected chi connectivity index (χ2v) is 4.29. The average molecular weight is 270 g/mol. The molecule has 0 aromatic heterocycles. The second-order valence-electron chi connectivity index (χ2n) is 2.85. The van der Waals surface area contributed by atoms with E-state index in [-0.39, 0.29) is 13.0 Å². The van der Waals surface area contributed by atoms with Crippen LogP contribution in [-0.2, 0) is 19.7 Å². The number of amides is 1. The molecule has 0 unspecified atom stereocenters. The molecule has 9 nitrogen and oxygen atoms in total. The Kier molecular flexibility index (Phi) is 6.46. The molecule has 0 rings (SSSR count). The molecule has 0 aromatic carbocycles. The molecule has 0 fully saturated rings. The summed E-state index contributed by atoms with van der Waals surface area (Å²) in [6, 6.07) is -1.52. The van der Waals surface area contributed by atoms with Gasteiger partial charge in [0.25, 0.3) is 0 Å². The van der Waals surface area contributed by atoms with Crippen LogP contribution in [0.25, 0.3) is 0 Å². The summed E-state index contributed by atoms with van der Waals surface area (Å²) in [4.78, 5) is 21.4. The van der Waals surface area contributed by atoms with E-state index in [4.69, 9.17) is 10.2 Å². The highest BCUT2D eigenvalue weighted by Crippen LogP contribution is 1.94. The number of ether oxygens (including phenoxy) is 1. The number of aliphatic hydroxyl groups excluding tert-OH is 1. The number of aliphatic hydroxyl groups is 1. The molecular formula is C7H14N2O7S. The van der Waals surface area contributed by atoms with Crippen molar-refractivity contribution in [1.82, 2.24) is 9.44 Å². The largest absolute Gasteiger partial charge is 0.480 e. The molecule has 0 heterocycles. The van der Waals surface area contributed by atoms with Gasteiger partial charge in [0.2, 0.25) is 0 Å². The van der Waals surface area contributed by atoms with Crippen molar-refractivity contribution in [2.75, 3.05) is 13.2 Å². The second kappa shape index (κ2) is 7.04. The monoisotopic (exact) mass is 270 g/mol. The highest BCUT2D eigenvalue weighted by molar-refractivity contribution is 7.88. The Bertz CT molecular complexity index is 366. The molecule has 0 saturated heterocycles. The van der Waals surface area contributed by atoms with Gasteiger partial charge in [-0.05, 0) is 13.3 Å². The maximum Gasteiger partial charge on any atom is 0.421 e. The standard InChI is InChI=1S/C7H14N2O7S/c1-2-16-7(13)9-17(14,15)8-5(3-4-10)6(11)12/h5,8,10H,2-4H2,1H3,(H,9,13)(H,11,12)/t5-/m0/s1. The minimum absolute atomic E-state index is 0.0274. The van der Waals surface area contributed by atoms with Crippen molar-refractivity contribution < 1.29 is 33.0 Å². The van der Waals surface area contributed by atoms with Gasteiger partial charge in [0.1, 0.15) is 6.04 Å². The fourth-order valence-electron chi connectivity index (χ4n) is 0.849. The van der Waals surface area contributed by atoms with Crippen LogP contribution in [0.2, 0.25) is 0 Å². The summed E-state index contributed by atoms with van der Waals surface area (Å²) >= 11 is 0. The zero-order valence-corrected chi connectivity index (χ0v) is 9.86. The van der Waals surface area contributed by atoms with Crippen molar-refractivity contribution in [2.45, 2.75) is 19.4 Å². The molecule has 0 aromatic rings. The Morgan fingerprint density at radius 3 is 2.41 bits per heavy atom. The molecular weight excluding hydrogens is 256 g/mol. The van der Waals surface area contributed by atoms with Gasteiger partial charge >= 0.3 is 22.3 Å². The minimum Gasteiger partial charge on any atom is -0.480 e. The fourth-order valence-corrected chi connectivity index (χ4v) is 1.78. The quantitative estimate of drug-likeness (QED) is 0.436. The lowest BCUT2D eigenvalue weighted by atomic mass is 10.2. The van der Waals surface area contributed by atoms with E-state index in [1.807, 2.05) is 0 Å². The molecule has 1 atom stereocenters. The van der Waals surface area contributed by atoms with Gasteiger partial charge in [-0.15, -0.1) is 0 Å². The first-order valence-corrected chi connectivity index (χ1v) is 6.11. The van der Waals surface area contributed by atoms with Crippen LogP contribution >= 0.6 is 0 Å². The molecule has 0 aliphatic rings. The van der Waals surface area contributed by atoms with E-state index < -0.39 is 34.9 Å². The van der Waals surface area contributed by atoms with E-state index in [9.17, 15) is 18.0 Å². The van der Waals surface area contributed by atoms with Gasteiger partial charge in [0.15, 0.2) is 0 Å². The Labute approximate surface area is 97.9 Å². The zero-order valence-electron chi connectivity index (χ0n) is 9.04. The maximum atomic E-state index is 11.2. The first-order chi connectivity index (χ1) is 7.82. The predicted octanol–water partition coefficient (Wildman–Crippen LogP) is -1.60. The molecule has 1 amide bonds. The molecule has 0 bridgehead atoms. The Morgan fingerprint density at radius 2 is 2.00 bits per heavy atom. The van der Waals surface area contributed by atoms with Crippen molar-refractivity contribution in [2.24, 2.45) is 0 Å². The number of carbonyl (C=O) groups excluding carboxylic acids is 1. The van der Waals surface area contributed by atoms with Gasteiger partial charge in [0.05, 0.1) is 6.61 Å². The van der Waals surface area contributed by atoms with Crippen LogP contribution in [-0.4, -0.2) is 49.9 Å². The number of rotatable bonds is 7. The topological polar surface area (TPSA) is 142 Å². The van der Waals surface area contributed by atoms with Gasteiger partial charge in [-0.25, -0.2) is 9.52 Å². The summed E-state index contributed by atoms with van der Waals surface area (Å²) in [5.41, 5.74) is 0. The first kappa shape index (κ1) is 15.6. The Morgan fingerprint density at radius 1 is 1.41 bits per heavy atom. The molecule has 17 heavy (non-hydrogen) atoms. The van der Waals surface area contributed by atoms with E-state index in [1.165, 1.54) is 11.6 Å². The number of carbonyl (C=O) groups is 2. The smallest absolute Gasteiger partial charge is 0.421 e. The maximum absolute atomic E-state index is 11.2. The van der Waals surface area contributed by atoms with Crippen molar-refractivity contribution in [3.8, 4) is 0 Å². The van der Waals surface area contributed by atoms with Gasteiger partial charge in [-0.3, -0.25) is 4.79 Å². The van der Waals surface area contributed by atoms with Crippen LogP contribution in [0.15, 0.2) is 0 Å². The molecule has 0 aliphatic carbocycles. The predicted molar refractivity (Wildman–Crippen MR) is 55.3 cm³/mol. The minimum atomic E-state index is -4.34. The Balaban J connectivity index is 4.50. The molecule has 0 radical (unpaired) electrons. The number of hydrogen-bond acceptors (Lipinski definition) is 6. The molecule has 10 heteroatoms. The fraction of sp³-hybridized carbons (Fsp3) is 0.714. The Hall–Kier alpha value is -1.39. The van der Waals surface area contributed by atoms with Crippen LogP contribution in [0.5, 0.6) is 0 Å². The summed E-state index contributed by atoms with van der Waals surface area (Å²) in [6.45, 7) is 0.935. The summed E-state index contributed by atoms with van der Waals surface area (Å²) < 4.78 is 29.9. The number of carboxylic acid groups (broad SMARTS) is 1. The normalized spacial score (nSPS) is 12.8. The van der Waals surface area contributed by atoms with E-state index in [0.717, 1.165) is 0 Å². The van der Waals surface area contributed by atoms with Gasteiger partial charge < -0.3 is 14.9 Å². The van der Waals surface area contributed by atoms with Gasteiger partial charge in [-0.2, -0.15) is 13.1 Å². The van der Waals surface area contributed by atoms with E-state index in [1.54, 1.807) is 4.72 Å². The summed E-state index contributed by atoms with van der Waals surface area (Å²) in [5.74, 6) is -1.46. The number of nitrogens with one attached hydrogen (secondary N) is 2. The third kappa shape index (κ3) is 6.71. The molecule has 4 N–H and O–H groups in total. The molecule has 0 aliphatic heterocycles. The van der Waals surface area contributed by atoms with E-state index in [2.05, 4.69) is 4.74 Å². The van der Waals surface area contributed by atoms with Crippen LogP contribution in [0.3, 0.4) is 0 Å². The summed E-state index contributed by atoms with van der Waals surface area (Å²) in [5, 5.41) is 17.2. The van der Waals surface area contributed by atoms with Crippen molar-refractivity contribution in [3.05, 3.63) is 0 Å². The van der Waals surface area contributed by atoms with Crippen molar-refractivity contribution in [3.63, 3.8) is 0 Å². The number of aliphatic carboxylic acids is 1. The molecule has 100 valence electrons. The highest BCUT2D eigenvalue weighted by Gasteiger charge is 2.25.